The summed E-state index contributed by atoms with van der Waals surface area (Å²) >= 11 is 5.19. The molecule has 0 aliphatic carbocycles. The van der Waals surface area contributed by atoms with Crippen LogP contribution in [0.2, 0.25) is 0 Å². The fraction of sp³-hybridized carbons (Fsp3) is 0.778. The molecule has 1 unspecified atom stereocenters. The minimum Gasteiger partial charge on any atom is -0.225 e. The lowest BCUT2D eigenvalue weighted by molar-refractivity contribution is 0.397. The molecule has 1 aromatic heterocycles. The van der Waals surface area contributed by atoms with Crippen molar-refractivity contribution < 1.29 is 0 Å². The van der Waals surface area contributed by atoms with E-state index in [1.807, 2.05) is 6.92 Å². The molecule has 74 valence electrons. The van der Waals surface area contributed by atoms with Gasteiger partial charge in [0.1, 0.15) is 10.8 Å². The third kappa shape index (κ3) is 3.35. The Morgan fingerprint density at radius 3 is 2.46 bits per heavy atom. The highest BCUT2D eigenvalue weighted by Crippen LogP contribution is 2.29. The molecule has 1 aromatic rings. The minimum atomic E-state index is 0.277. The Labute approximate surface area is 92.1 Å². The molecule has 0 radical (unpaired) electrons. The fourth-order valence-electron chi connectivity index (χ4n) is 0.882. The summed E-state index contributed by atoms with van der Waals surface area (Å²) in [6.07, 6.45) is 0.967. The Balaban J connectivity index is 2.60. The zero-order valence-corrected chi connectivity index (χ0v) is 10.9. The number of aryl methyl sites for hydroxylation is 1. The summed E-state index contributed by atoms with van der Waals surface area (Å²) in [7, 11) is 0. The molecule has 0 aromatic carbocycles. The molecule has 1 rings (SSSR count). The molecule has 2 nitrogen and oxygen atoms in total. The van der Waals surface area contributed by atoms with Crippen LogP contribution in [0, 0.1) is 12.3 Å². The molecule has 0 bridgehead atoms. The third-order valence-electron chi connectivity index (χ3n) is 1.86. The Hall–Kier alpha value is 0.0400. The Kier molecular flexibility index (Phi) is 3.46. The first kappa shape index (κ1) is 11.1. The van der Waals surface area contributed by atoms with Crippen LogP contribution in [-0.2, 0) is 6.42 Å². The predicted molar refractivity (Wildman–Crippen MR) is 60.5 cm³/mol. The molecule has 13 heavy (non-hydrogen) atoms. The third-order valence-corrected chi connectivity index (χ3v) is 4.38. The number of alkyl halides is 1. The van der Waals surface area contributed by atoms with Crippen molar-refractivity contribution in [3.8, 4) is 0 Å². The average molecular weight is 263 g/mol. The van der Waals surface area contributed by atoms with Crippen molar-refractivity contribution in [3.05, 3.63) is 10.8 Å². The first-order valence-electron chi connectivity index (χ1n) is 4.33. The Morgan fingerprint density at radius 1 is 1.46 bits per heavy atom. The molecular formula is C9H15BrN2S. The second-order valence-corrected chi connectivity index (χ2v) is 6.21. The van der Waals surface area contributed by atoms with Gasteiger partial charge >= 0.3 is 0 Å². The van der Waals surface area contributed by atoms with Crippen LogP contribution in [-0.4, -0.2) is 14.2 Å². The molecule has 0 N–H and O–H groups in total. The van der Waals surface area contributed by atoms with Gasteiger partial charge in [0.15, 0.2) is 0 Å². The van der Waals surface area contributed by atoms with E-state index in [2.05, 4.69) is 46.1 Å². The van der Waals surface area contributed by atoms with Crippen LogP contribution in [0.1, 0.15) is 31.6 Å². The summed E-state index contributed by atoms with van der Waals surface area (Å²) < 4.78 is 4.16. The van der Waals surface area contributed by atoms with Crippen molar-refractivity contribution in [1.82, 2.24) is 9.36 Å². The quantitative estimate of drug-likeness (QED) is 0.766. The summed E-state index contributed by atoms with van der Waals surface area (Å²) in [5, 5.41) is 1.12. The zero-order valence-electron chi connectivity index (χ0n) is 8.47. The van der Waals surface area contributed by atoms with Crippen LogP contribution < -0.4 is 0 Å². The van der Waals surface area contributed by atoms with Crippen molar-refractivity contribution in [2.24, 2.45) is 5.41 Å². The molecule has 0 aliphatic rings. The van der Waals surface area contributed by atoms with E-state index in [-0.39, 0.29) is 5.41 Å². The van der Waals surface area contributed by atoms with Gasteiger partial charge in [-0.1, -0.05) is 36.7 Å². The predicted octanol–water partition coefficient (Wildman–Crippen LogP) is 3.20. The first-order valence-corrected chi connectivity index (χ1v) is 6.02. The van der Waals surface area contributed by atoms with E-state index in [4.69, 9.17) is 0 Å². The van der Waals surface area contributed by atoms with Crippen LogP contribution in [0.4, 0.5) is 0 Å². The Bertz CT molecular complexity index is 277. The smallest absolute Gasteiger partial charge is 0.139 e. The van der Waals surface area contributed by atoms with Crippen molar-refractivity contribution in [3.63, 3.8) is 0 Å². The number of nitrogens with zero attached hydrogens (tertiary/aromatic N) is 2. The van der Waals surface area contributed by atoms with Gasteiger partial charge in [-0.25, -0.2) is 4.98 Å². The number of hydrogen-bond acceptors (Lipinski definition) is 3. The van der Waals surface area contributed by atoms with Gasteiger partial charge in [-0.2, -0.15) is 4.37 Å². The van der Waals surface area contributed by atoms with Crippen LogP contribution >= 0.6 is 27.5 Å². The summed E-state index contributed by atoms with van der Waals surface area (Å²) in [6, 6.07) is 0. The van der Waals surface area contributed by atoms with Crippen LogP contribution in [0.3, 0.4) is 0 Å². The van der Waals surface area contributed by atoms with E-state index in [1.165, 1.54) is 11.5 Å². The summed E-state index contributed by atoms with van der Waals surface area (Å²) in [5.74, 6) is 0.883. The van der Waals surface area contributed by atoms with Crippen molar-refractivity contribution in [2.75, 3.05) is 0 Å². The normalized spacial score (nSPS) is 14.5. The van der Waals surface area contributed by atoms with E-state index in [0.717, 1.165) is 17.3 Å². The Morgan fingerprint density at radius 2 is 2.08 bits per heavy atom. The molecule has 4 heteroatoms. The van der Waals surface area contributed by atoms with Crippen molar-refractivity contribution >= 4 is 27.5 Å². The minimum absolute atomic E-state index is 0.277. The zero-order chi connectivity index (χ0) is 10.1. The highest BCUT2D eigenvalue weighted by Gasteiger charge is 2.23. The lowest BCUT2D eigenvalue weighted by Gasteiger charge is -2.24. The van der Waals surface area contributed by atoms with Crippen molar-refractivity contribution in [2.45, 2.75) is 38.9 Å². The van der Waals surface area contributed by atoms with Gasteiger partial charge in [-0.3, -0.25) is 0 Å². The SMILES string of the molecule is Cc1nsc(CC(Br)C(C)(C)C)n1. The summed E-state index contributed by atoms with van der Waals surface area (Å²) in [6.45, 7) is 8.60. The van der Waals surface area contributed by atoms with Crippen molar-refractivity contribution in [1.29, 1.82) is 0 Å². The second-order valence-electron chi connectivity index (χ2n) is 4.27. The van der Waals surface area contributed by atoms with Gasteiger partial charge in [0.25, 0.3) is 0 Å². The van der Waals surface area contributed by atoms with Gasteiger partial charge in [0, 0.05) is 11.2 Å². The molecule has 0 saturated carbocycles. The number of halogens is 1. The monoisotopic (exact) mass is 262 g/mol. The van der Waals surface area contributed by atoms with E-state index in [9.17, 15) is 0 Å². The molecule has 1 atom stereocenters. The summed E-state index contributed by atoms with van der Waals surface area (Å²) in [5.41, 5.74) is 0.277. The van der Waals surface area contributed by atoms with Gasteiger partial charge in [0.05, 0.1) is 0 Å². The highest BCUT2D eigenvalue weighted by molar-refractivity contribution is 9.09. The fourth-order valence-corrected chi connectivity index (χ4v) is 2.10. The topological polar surface area (TPSA) is 25.8 Å². The lowest BCUT2D eigenvalue weighted by Crippen LogP contribution is -2.22. The van der Waals surface area contributed by atoms with Crippen LogP contribution in [0.25, 0.3) is 0 Å². The van der Waals surface area contributed by atoms with Gasteiger partial charge in [0.2, 0.25) is 0 Å². The standard InChI is InChI=1S/C9H15BrN2S/c1-6-11-8(13-12-6)5-7(10)9(2,3)4/h7H,5H2,1-4H3. The van der Waals surface area contributed by atoms with E-state index in [0.29, 0.717) is 4.83 Å². The van der Waals surface area contributed by atoms with E-state index >= 15 is 0 Å². The number of aromatic nitrogens is 2. The molecule has 0 spiro atoms. The maximum atomic E-state index is 4.34. The molecule has 0 aliphatic heterocycles. The molecule has 0 saturated heterocycles. The average Bonchev–Trinajstić information content (AvgIpc) is 2.33. The largest absolute Gasteiger partial charge is 0.225 e. The van der Waals surface area contributed by atoms with E-state index in [1.54, 1.807) is 0 Å². The lowest BCUT2D eigenvalue weighted by atomic mass is 9.90. The second kappa shape index (κ2) is 4.05. The van der Waals surface area contributed by atoms with Gasteiger partial charge in [-0.05, 0) is 23.9 Å². The van der Waals surface area contributed by atoms with Crippen LogP contribution in [0.15, 0.2) is 0 Å². The van der Waals surface area contributed by atoms with E-state index < -0.39 is 0 Å². The molecular weight excluding hydrogens is 248 g/mol. The van der Waals surface area contributed by atoms with Gasteiger partial charge < -0.3 is 0 Å². The van der Waals surface area contributed by atoms with Gasteiger partial charge in [-0.15, -0.1) is 0 Å². The molecule has 0 amide bonds. The molecule has 0 fully saturated rings. The number of hydrogen-bond donors (Lipinski definition) is 0. The molecule has 1 heterocycles. The van der Waals surface area contributed by atoms with Crippen LogP contribution in [0.5, 0.6) is 0 Å². The number of rotatable bonds is 2. The maximum Gasteiger partial charge on any atom is 0.139 e. The summed E-state index contributed by atoms with van der Waals surface area (Å²) in [4.78, 5) is 4.81. The highest BCUT2D eigenvalue weighted by atomic mass is 79.9. The maximum absolute atomic E-state index is 4.34. The first-order chi connectivity index (χ1) is 5.89.